The van der Waals surface area contributed by atoms with E-state index in [0.717, 1.165) is 30.8 Å². The lowest BCUT2D eigenvalue weighted by atomic mass is 9.68. The van der Waals surface area contributed by atoms with Gasteiger partial charge in [-0.15, -0.1) is 0 Å². The van der Waals surface area contributed by atoms with Gasteiger partial charge in [0.2, 0.25) is 0 Å². The van der Waals surface area contributed by atoms with Crippen molar-refractivity contribution in [3.63, 3.8) is 0 Å². The molecule has 0 heterocycles. The molecular weight excluding hydrogens is 318 g/mol. The number of rotatable bonds is 8. The van der Waals surface area contributed by atoms with Crippen LogP contribution in [0.1, 0.15) is 48.3 Å². The fourth-order valence-electron chi connectivity index (χ4n) is 4.18. The molecule has 0 spiro atoms. The van der Waals surface area contributed by atoms with Crippen molar-refractivity contribution in [1.82, 2.24) is 10.6 Å². The van der Waals surface area contributed by atoms with E-state index in [4.69, 9.17) is 0 Å². The number of hydrogen-bond donors (Lipinski definition) is 2. The van der Waals surface area contributed by atoms with Gasteiger partial charge in [0.15, 0.2) is 0 Å². The van der Waals surface area contributed by atoms with E-state index in [1.54, 1.807) is 0 Å². The predicted octanol–water partition coefficient (Wildman–Crippen LogP) is 3.96. The third kappa shape index (κ3) is 3.82. The quantitative estimate of drug-likeness (QED) is 0.761. The SMILES string of the molecule is N#Cc1ccccc1CNCC1(CNC2CC2c2ccccc2)CCC1. The molecule has 2 aromatic carbocycles. The van der Waals surface area contributed by atoms with Crippen LogP contribution in [-0.4, -0.2) is 19.1 Å². The Morgan fingerprint density at radius 1 is 1.00 bits per heavy atom. The lowest BCUT2D eigenvalue weighted by Crippen LogP contribution is -2.47. The maximum atomic E-state index is 9.22. The molecule has 2 saturated carbocycles. The van der Waals surface area contributed by atoms with Gasteiger partial charge in [-0.2, -0.15) is 5.26 Å². The van der Waals surface area contributed by atoms with Crippen LogP contribution in [0, 0.1) is 16.7 Å². The van der Waals surface area contributed by atoms with E-state index >= 15 is 0 Å². The van der Waals surface area contributed by atoms with Crippen LogP contribution in [0.2, 0.25) is 0 Å². The lowest BCUT2D eigenvalue weighted by molar-refractivity contribution is 0.126. The van der Waals surface area contributed by atoms with E-state index in [1.807, 2.05) is 24.3 Å². The molecule has 2 aliphatic carbocycles. The molecule has 0 radical (unpaired) electrons. The van der Waals surface area contributed by atoms with Crippen LogP contribution in [0.3, 0.4) is 0 Å². The second kappa shape index (κ2) is 7.61. The Bertz CT molecular complexity index is 774. The highest BCUT2D eigenvalue weighted by molar-refractivity contribution is 5.37. The zero-order chi connectivity index (χ0) is 17.8. The zero-order valence-corrected chi connectivity index (χ0v) is 15.2. The van der Waals surface area contributed by atoms with E-state index in [9.17, 15) is 5.26 Å². The molecule has 0 aliphatic heterocycles. The number of nitriles is 1. The van der Waals surface area contributed by atoms with Crippen molar-refractivity contribution >= 4 is 0 Å². The second-order valence-electron chi connectivity index (χ2n) is 7.97. The summed E-state index contributed by atoms with van der Waals surface area (Å²) in [5.41, 5.74) is 3.75. The maximum absolute atomic E-state index is 9.22. The fourth-order valence-corrected chi connectivity index (χ4v) is 4.18. The predicted molar refractivity (Wildman–Crippen MR) is 105 cm³/mol. The average molecular weight is 345 g/mol. The van der Waals surface area contributed by atoms with Gasteiger partial charge < -0.3 is 10.6 Å². The molecule has 0 aromatic heterocycles. The molecule has 2 aromatic rings. The monoisotopic (exact) mass is 345 g/mol. The van der Waals surface area contributed by atoms with Crippen molar-refractivity contribution in [2.75, 3.05) is 13.1 Å². The summed E-state index contributed by atoms with van der Waals surface area (Å²) >= 11 is 0. The molecule has 0 bridgehead atoms. The summed E-state index contributed by atoms with van der Waals surface area (Å²) in [6, 6.07) is 21.7. The molecule has 0 saturated heterocycles. The molecule has 3 nitrogen and oxygen atoms in total. The molecular formula is C23H27N3. The third-order valence-electron chi connectivity index (χ3n) is 6.12. The normalized spacial score (nSPS) is 23.0. The van der Waals surface area contributed by atoms with Gasteiger partial charge in [0, 0.05) is 31.6 Å². The largest absolute Gasteiger partial charge is 0.313 e. The molecule has 4 rings (SSSR count). The maximum Gasteiger partial charge on any atom is 0.0995 e. The second-order valence-corrected chi connectivity index (χ2v) is 7.97. The molecule has 2 N–H and O–H groups in total. The van der Waals surface area contributed by atoms with Crippen molar-refractivity contribution in [2.45, 2.75) is 44.2 Å². The van der Waals surface area contributed by atoms with Gasteiger partial charge in [-0.1, -0.05) is 55.0 Å². The summed E-state index contributed by atoms with van der Waals surface area (Å²) in [5, 5.41) is 16.7. The molecule has 2 atom stereocenters. The summed E-state index contributed by atoms with van der Waals surface area (Å²) in [6.45, 7) is 2.91. The van der Waals surface area contributed by atoms with Crippen molar-refractivity contribution < 1.29 is 0 Å². The third-order valence-corrected chi connectivity index (χ3v) is 6.12. The molecule has 3 heteroatoms. The van der Waals surface area contributed by atoms with Crippen molar-refractivity contribution in [2.24, 2.45) is 5.41 Å². The van der Waals surface area contributed by atoms with E-state index in [2.05, 4.69) is 47.0 Å². The highest BCUT2D eigenvalue weighted by Gasteiger charge is 2.42. The first-order valence-electron chi connectivity index (χ1n) is 9.77. The van der Waals surface area contributed by atoms with Crippen LogP contribution < -0.4 is 10.6 Å². The Kier molecular flexibility index (Phi) is 5.06. The first-order chi connectivity index (χ1) is 12.8. The van der Waals surface area contributed by atoms with Gasteiger partial charge in [-0.25, -0.2) is 0 Å². The van der Waals surface area contributed by atoms with Gasteiger partial charge in [-0.05, 0) is 41.9 Å². The van der Waals surface area contributed by atoms with Crippen LogP contribution in [0.5, 0.6) is 0 Å². The van der Waals surface area contributed by atoms with Crippen LogP contribution in [0.4, 0.5) is 0 Å². The number of nitrogens with one attached hydrogen (secondary N) is 2. The smallest absolute Gasteiger partial charge is 0.0995 e. The highest BCUT2D eigenvalue weighted by Crippen LogP contribution is 2.44. The van der Waals surface area contributed by atoms with Gasteiger partial charge in [-0.3, -0.25) is 0 Å². The van der Waals surface area contributed by atoms with Gasteiger partial charge >= 0.3 is 0 Å². The van der Waals surface area contributed by atoms with E-state index in [0.29, 0.717) is 17.4 Å². The zero-order valence-electron chi connectivity index (χ0n) is 15.2. The van der Waals surface area contributed by atoms with Crippen molar-refractivity contribution in [3.05, 3.63) is 71.3 Å². The minimum atomic E-state index is 0.394. The van der Waals surface area contributed by atoms with Crippen molar-refractivity contribution in [3.8, 4) is 6.07 Å². The Morgan fingerprint density at radius 2 is 1.77 bits per heavy atom. The topological polar surface area (TPSA) is 47.9 Å². The Hall–Kier alpha value is -2.15. The number of nitrogens with zero attached hydrogens (tertiary/aromatic N) is 1. The summed E-state index contributed by atoms with van der Waals surface area (Å²) < 4.78 is 0. The van der Waals surface area contributed by atoms with Crippen LogP contribution in [-0.2, 0) is 6.54 Å². The number of benzene rings is 2. The Morgan fingerprint density at radius 3 is 2.50 bits per heavy atom. The standard InChI is InChI=1S/C23H27N3/c24-14-19-9-4-5-10-20(19)15-25-16-23(11-6-12-23)17-26-22-13-21(22)18-7-2-1-3-8-18/h1-5,7-10,21-22,25-26H,6,11-13,15-17H2. The van der Waals surface area contributed by atoms with Crippen LogP contribution >= 0.6 is 0 Å². The van der Waals surface area contributed by atoms with Gasteiger partial charge in [0.05, 0.1) is 11.6 Å². The molecule has 2 fully saturated rings. The van der Waals surface area contributed by atoms with E-state index < -0.39 is 0 Å². The van der Waals surface area contributed by atoms with Crippen LogP contribution in [0.25, 0.3) is 0 Å². The summed E-state index contributed by atoms with van der Waals surface area (Å²) in [7, 11) is 0. The first kappa shape index (κ1) is 17.3. The van der Waals surface area contributed by atoms with E-state index in [1.165, 1.54) is 31.2 Å². The van der Waals surface area contributed by atoms with Crippen LogP contribution in [0.15, 0.2) is 54.6 Å². The van der Waals surface area contributed by atoms with E-state index in [-0.39, 0.29) is 0 Å². The molecule has 2 unspecified atom stereocenters. The summed E-state index contributed by atoms with van der Waals surface area (Å²) in [6.07, 6.45) is 5.21. The molecule has 0 amide bonds. The van der Waals surface area contributed by atoms with Crippen molar-refractivity contribution in [1.29, 1.82) is 5.26 Å². The number of hydrogen-bond acceptors (Lipinski definition) is 3. The van der Waals surface area contributed by atoms with Gasteiger partial charge in [0.1, 0.15) is 0 Å². The minimum Gasteiger partial charge on any atom is -0.313 e. The Labute approximate surface area is 156 Å². The Balaban J connectivity index is 1.25. The fraction of sp³-hybridized carbons (Fsp3) is 0.435. The molecule has 2 aliphatic rings. The summed E-state index contributed by atoms with van der Waals surface area (Å²) in [4.78, 5) is 0. The summed E-state index contributed by atoms with van der Waals surface area (Å²) in [5.74, 6) is 0.698. The average Bonchev–Trinajstić information content (AvgIpc) is 3.44. The molecule has 26 heavy (non-hydrogen) atoms. The van der Waals surface area contributed by atoms with Gasteiger partial charge in [0.25, 0.3) is 0 Å². The lowest BCUT2D eigenvalue weighted by Gasteiger charge is -2.42. The molecule has 134 valence electrons. The highest BCUT2D eigenvalue weighted by atomic mass is 15.0. The first-order valence-corrected chi connectivity index (χ1v) is 9.77. The minimum absolute atomic E-state index is 0.394.